The number of rotatable bonds is 11. The summed E-state index contributed by atoms with van der Waals surface area (Å²) in [5, 5.41) is 2.85. The Morgan fingerprint density at radius 1 is 0.919 bits per heavy atom. The molecule has 0 aliphatic heterocycles. The second-order valence-corrected chi connectivity index (χ2v) is 12.0. The third-order valence-electron chi connectivity index (χ3n) is 5.89. The molecule has 7 nitrogen and oxygen atoms in total. The lowest BCUT2D eigenvalue weighted by atomic mass is 10.0. The topological polar surface area (TPSA) is 86.8 Å². The number of anilines is 1. The molecule has 9 heteroatoms. The van der Waals surface area contributed by atoms with Crippen molar-refractivity contribution in [3.05, 3.63) is 99.1 Å². The van der Waals surface area contributed by atoms with E-state index < -0.39 is 28.5 Å². The highest BCUT2D eigenvalue weighted by molar-refractivity contribution is 14.1. The van der Waals surface area contributed by atoms with Crippen LogP contribution in [0.5, 0.6) is 0 Å². The number of likely N-dealkylation sites (N-methyl/N-ethyl adjacent to an activating group) is 1. The molecule has 0 heterocycles. The van der Waals surface area contributed by atoms with Crippen LogP contribution in [0.4, 0.5) is 5.69 Å². The van der Waals surface area contributed by atoms with Gasteiger partial charge in [0.25, 0.3) is 0 Å². The predicted octanol–water partition coefficient (Wildman–Crippen LogP) is 4.14. The van der Waals surface area contributed by atoms with E-state index in [0.717, 1.165) is 30.8 Å². The van der Waals surface area contributed by atoms with Crippen molar-refractivity contribution in [3.8, 4) is 0 Å². The molecule has 0 aliphatic rings. The van der Waals surface area contributed by atoms with Crippen LogP contribution in [0.2, 0.25) is 0 Å². The summed E-state index contributed by atoms with van der Waals surface area (Å²) in [4.78, 5) is 28.7. The van der Waals surface area contributed by atoms with Gasteiger partial charge >= 0.3 is 0 Å². The van der Waals surface area contributed by atoms with E-state index >= 15 is 0 Å². The molecular formula is C28H32IN3O4S. The molecule has 0 radical (unpaired) electrons. The molecule has 0 fully saturated rings. The minimum absolute atomic E-state index is 0.165. The smallest absolute Gasteiger partial charge is 0.244 e. The third kappa shape index (κ3) is 8.29. The molecule has 3 rings (SSSR count). The van der Waals surface area contributed by atoms with Crippen LogP contribution in [-0.2, 0) is 32.6 Å². The molecule has 0 aromatic heterocycles. The quantitative estimate of drug-likeness (QED) is 0.322. The highest BCUT2D eigenvalue weighted by Crippen LogP contribution is 2.21. The number of nitrogens with one attached hydrogen (secondary N) is 1. The lowest BCUT2D eigenvalue weighted by Crippen LogP contribution is -2.53. The highest BCUT2D eigenvalue weighted by atomic mass is 127. The van der Waals surface area contributed by atoms with E-state index in [1.54, 1.807) is 24.3 Å². The van der Waals surface area contributed by atoms with Crippen LogP contribution in [0.3, 0.4) is 0 Å². The Labute approximate surface area is 233 Å². The molecule has 0 saturated heterocycles. The number of halogens is 1. The zero-order valence-corrected chi connectivity index (χ0v) is 24.2. The lowest BCUT2D eigenvalue weighted by molar-refractivity contribution is -0.140. The lowest BCUT2D eigenvalue weighted by Gasteiger charge is -2.33. The first kappa shape index (κ1) is 28.6. The Balaban J connectivity index is 2.02. The second kappa shape index (κ2) is 13.0. The van der Waals surface area contributed by atoms with E-state index in [2.05, 4.69) is 27.9 Å². The van der Waals surface area contributed by atoms with Crippen LogP contribution in [0.1, 0.15) is 23.6 Å². The van der Waals surface area contributed by atoms with Crippen LogP contribution in [-0.4, -0.2) is 50.5 Å². The largest absolute Gasteiger partial charge is 0.355 e. The Kier molecular flexibility index (Phi) is 10.1. The average Bonchev–Trinajstić information content (AvgIpc) is 2.86. The Morgan fingerprint density at radius 3 is 2.11 bits per heavy atom. The average molecular weight is 634 g/mol. The number of benzene rings is 3. The van der Waals surface area contributed by atoms with Gasteiger partial charge < -0.3 is 10.2 Å². The Hall–Kier alpha value is -2.92. The van der Waals surface area contributed by atoms with E-state index in [4.69, 9.17) is 0 Å². The normalized spacial score (nSPS) is 12.0. The number of sulfonamides is 1. The molecule has 0 bridgehead atoms. The van der Waals surface area contributed by atoms with Crippen LogP contribution < -0.4 is 9.62 Å². The zero-order chi connectivity index (χ0) is 27.0. The monoisotopic (exact) mass is 633 g/mol. The maximum Gasteiger partial charge on any atom is 0.244 e. The van der Waals surface area contributed by atoms with Crippen LogP contribution in [0, 0.1) is 10.5 Å². The Morgan fingerprint density at radius 2 is 1.54 bits per heavy atom. The van der Waals surface area contributed by atoms with Crippen LogP contribution >= 0.6 is 22.6 Å². The summed E-state index contributed by atoms with van der Waals surface area (Å²) < 4.78 is 27.5. The molecule has 0 saturated carbocycles. The first-order valence-electron chi connectivity index (χ1n) is 12.0. The summed E-state index contributed by atoms with van der Waals surface area (Å²) in [5.41, 5.74) is 3.22. The molecule has 1 N–H and O–H groups in total. The molecule has 0 aliphatic carbocycles. The van der Waals surface area contributed by atoms with E-state index in [1.165, 1.54) is 4.90 Å². The molecule has 3 aromatic rings. The standard InChI is InChI=1S/C28H32IN3O4S/c1-4-30-28(34)26(18-22-8-6-5-7-9-22)31(19-23-12-10-21(2)11-13-23)27(33)20-32(37(3,35)36)25-16-14-24(29)15-17-25/h5-17,26H,4,18-20H2,1-3H3,(H,30,34)/t26-/m0/s1. The van der Waals surface area contributed by atoms with E-state index in [0.29, 0.717) is 18.7 Å². The van der Waals surface area contributed by atoms with Crippen molar-refractivity contribution >= 4 is 50.1 Å². The van der Waals surface area contributed by atoms with Gasteiger partial charge in [0.1, 0.15) is 12.6 Å². The van der Waals surface area contributed by atoms with Gasteiger partial charge in [0.15, 0.2) is 0 Å². The summed E-state index contributed by atoms with van der Waals surface area (Å²) in [6, 6.07) is 23.3. The Bertz CT molecular complexity index is 1300. The fourth-order valence-electron chi connectivity index (χ4n) is 3.96. The minimum atomic E-state index is -3.77. The molecule has 196 valence electrons. The van der Waals surface area contributed by atoms with Gasteiger partial charge in [-0.15, -0.1) is 0 Å². The number of aryl methyl sites for hydroxylation is 1. The van der Waals surface area contributed by atoms with E-state index in [1.807, 2.05) is 68.4 Å². The minimum Gasteiger partial charge on any atom is -0.355 e. The first-order chi connectivity index (χ1) is 17.6. The zero-order valence-electron chi connectivity index (χ0n) is 21.2. The van der Waals surface area contributed by atoms with E-state index in [9.17, 15) is 18.0 Å². The van der Waals surface area contributed by atoms with Crippen molar-refractivity contribution in [1.29, 1.82) is 0 Å². The molecule has 0 unspecified atom stereocenters. The summed E-state index contributed by atoms with van der Waals surface area (Å²) in [7, 11) is -3.77. The van der Waals surface area contributed by atoms with Crippen molar-refractivity contribution in [2.75, 3.05) is 23.7 Å². The van der Waals surface area contributed by atoms with E-state index in [-0.39, 0.29) is 12.5 Å². The van der Waals surface area contributed by atoms with Gasteiger partial charge in [0.05, 0.1) is 11.9 Å². The first-order valence-corrected chi connectivity index (χ1v) is 14.9. The highest BCUT2D eigenvalue weighted by Gasteiger charge is 2.32. The summed E-state index contributed by atoms with van der Waals surface area (Å²) in [6.07, 6.45) is 1.38. The second-order valence-electron chi connectivity index (χ2n) is 8.85. The summed E-state index contributed by atoms with van der Waals surface area (Å²) >= 11 is 2.14. The van der Waals surface area contributed by atoms with Gasteiger partial charge in [-0.2, -0.15) is 0 Å². The number of carbonyl (C=O) groups excluding carboxylic acids is 2. The predicted molar refractivity (Wildman–Crippen MR) is 156 cm³/mol. The fourth-order valence-corrected chi connectivity index (χ4v) is 5.17. The summed E-state index contributed by atoms with van der Waals surface area (Å²) in [5.74, 6) is -0.747. The maximum absolute atomic E-state index is 13.9. The SMILES string of the molecule is CCNC(=O)[C@H](Cc1ccccc1)N(Cc1ccc(C)cc1)C(=O)CN(c1ccc(I)cc1)S(C)(=O)=O. The molecule has 37 heavy (non-hydrogen) atoms. The molecule has 1 atom stereocenters. The van der Waals surface area contributed by atoms with Gasteiger partial charge in [-0.3, -0.25) is 13.9 Å². The fraction of sp³-hybridized carbons (Fsp3) is 0.286. The number of carbonyl (C=O) groups is 2. The molecular weight excluding hydrogens is 601 g/mol. The summed E-state index contributed by atoms with van der Waals surface area (Å²) in [6.45, 7) is 3.96. The van der Waals surface area contributed by atoms with Crippen molar-refractivity contribution in [3.63, 3.8) is 0 Å². The molecule has 0 spiro atoms. The number of nitrogens with zero attached hydrogens (tertiary/aromatic N) is 2. The van der Waals surface area contributed by atoms with Gasteiger partial charge in [-0.25, -0.2) is 8.42 Å². The maximum atomic E-state index is 13.9. The van der Waals surface area contributed by atoms with Crippen molar-refractivity contribution in [1.82, 2.24) is 10.2 Å². The van der Waals surface area contributed by atoms with Gasteiger partial charge in [0, 0.05) is 23.1 Å². The number of hydrogen-bond acceptors (Lipinski definition) is 4. The number of amides is 2. The van der Waals surface area contributed by atoms with Crippen LogP contribution in [0.15, 0.2) is 78.9 Å². The van der Waals surface area contributed by atoms with Crippen molar-refractivity contribution in [2.24, 2.45) is 0 Å². The number of hydrogen-bond donors (Lipinski definition) is 1. The van der Waals surface area contributed by atoms with Gasteiger partial charge in [-0.05, 0) is 71.8 Å². The van der Waals surface area contributed by atoms with Crippen LogP contribution in [0.25, 0.3) is 0 Å². The molecule has 2 amide bonds. The van der Waals surface area contributed by atoms with Crippen molar-refractivity contribution < 1.29 is 18.0 Å². The molecule has 3 aromatic carbocycles. The van der Waals surface area contributed by atoms with Crippen molar-refractivity contribution in [2.45, 2.75) is 32.9 Å². The van der Waals surface area contributed by atoms with Gasteiger partial charge in [0.2, 0.25) is 21.8 Å². The third-order valence-corrected chi connectivity index (χ3v) is 7.75. The van der Waals surface area contributed by atoms with Gasteiger partial charge in [-0.1, -0.05) is 60.2 Å².